The zero-order valence-corrected chi connectivity index (χ0v) is 15.9. The fraction of sp³-hybridized carbons (Fsp3) is 0.176. The first-order chi connectivity index (χ1) is 12.0. The third kappa shape index (κ3) is 5.65. The molecule has 0 aromatic heterocycles. The minimum atomic E-state index is -0.398. The number of benzene rings is 2. The second-order valence-corrected chi connectivity index (χ2v) is 6.06. The zero-order valence-electron chi connectivity index (χ0n) is 13.6. The number of ether oxygens (including phenoxy) is 3. The average Bonchev–Trinajstić information content (AvgIpc) is 2.61. The van der Waals surface area contributed by atoms with E-state index in [1.54, 1.807) is 50.6 Å². The van der Waals surface area contributed by atoms with Crippen molar-refractivity contribution in [1.82, 2.24) is 5.43 Å². The van der Waals surface area contributed by atoms with Gasteiger partial charge in [-0.1, -0.05) is 11.6 Å². The van der Waals surface area contributed by atoms with Crippen molar-refractivity contribution in [1.29, 1.82) is 0 Å². The summed E-state index contributed by atoms with van der Waals surface area (Å²) in [5.41, 5.74) is 3.09. The number of rotatable bonds is 7. The van der Waals surface area contributed by atoms with Crippen molar-refractivity contribution in [3.05, 3.63) is 51.5 Å². The molecule has 1 N–H and O–H groups in total. The van der Waals surface area contributed by atoms with Crippen LogP contribution in [-0.2, 0) is 4.79 Å². The molecule has 8 heteroatoms. The van der Waals surface area contributed by atoms with Gasteiger partial charge in [-0.05, 0) is 46.3 Å². The van der Waals surface area contributed by atoms with E-state index in [0.29, 0.717) is 32.3 Å². The molecule has 0 saturated carbocycles. The molecule has 0 aliphatic rings. The van der Waals surface area contributed by atoms with Gasteiger partial charge in [0.2, 0.25) is 0 Å². The molecule has 0 radical (unpaired) electrons. The number of hydrogen-bond acceptors (Lipinski definition) is 5. The predicted octanol–water partition coefficient (Wildman–Crippen LogP) is 3.65. The lowest BCUT2D eigenvalue weighted by Crippen LogP contribution is -2.24. The maximum Gasteiger partial charge on any atom is 0.277 e. The Morgan fingerprint density at radius 3 is 2.68 bits per heavy atom. The van der Waals surface area contributed by atoms with Gasteiger partial charge in [0.05, 0.1) is 24.9 Å². The molecule has 0 unspecified atom stereocenters. The van der Waals surface area contributed by atoms with Gasteiger partial charge in [-0.25, -0.2) is 5.43 Å². The summed E-state index contributed by atoms with van der Waals surface area (Å²) in [6.45, 7) is -0.183. The van der Waals surface area contributed by atoms with Gasteiger partial charge in [0.1, 0.15) is 17.2 Å². The maximum atomic E-state index is 11.8. The van der Waals surface area contributed by atoms with Gasteiger partial charge in [0, 0.05) is 16.7 Å². The van der Waals surface area contributed by atoms with E-state index in [1.165, 1.54) is 6.21 Å². The number of carbonyl (C=O) groups is 1. The lowest BCUT2D eigenvalue weighted by Gasteiger charge is -2.08. The van der Waals surface area contributed by atoms with Crippen molar-refractivity contribution < 1.29 is 19.0 Å². The second kappa shape index (κ2) is 9.29. The van der Waals surface area contributed by atoms with E-state index in [0.717, 1.165) is 0 Å². The fourth-order valence-corrected chi connectivity index (χ4v) is 2.66. The summed E-state index contributed by atoms with van der Waals surface area (Å²) in [5.74, 6) is 1.37. The Labute approximate surface area is 158 Å². The van der Waals surface area contributed by atoms with Gasteiger partial charge in [-0.2, -0.15) is 5.10 Å². The first-order valence-corrected chi connectivity index (χ1v) is 8.32. The number of nitrogens with one attached hydrogen (secondary N) is 1. The van der Waals surface area contributed by atoms with Crippen molar-refractivity contribution >= 4 is 39.7 Å². The van der Waals surface area contributed by atoms with E-state index >= 15 is 0 Å². The molecular formula is C17H16BrClN2O4. The molecule has 2 aromatic carbocycles. The number of methoxy groups -OCH3 is 2. The van der Waals surface area contributed by atoms with Crippen molar-refractivity contribution in [3.8, 4) is 17.2 Å². The molecule has 0 aliphatic carbocycles. The molecule has 132 valence electrons. The largest absolute Gasteiger partial charge is 0.497 e. The highest BCUT2D eigenvalue weighted by atomic mass is 79.9. The van der Waals surface area contributed by atoms with Crippen molar-refractivity contribution in [3.63, 3.8) is 0 Å². The topological polar surface area (TPSA) is 69.2 Å². The Kier molecular flexibility index (Phi) is 7.09. The van der Waals surface area contributed by atoms with Crippen LogP contribution in [0.1, 0.15) is 5.56 Å². The third-order valence-corrected chi connectivity index (χ3v) is 3.94. The number of nitrogens with zero attached hydrogens (tertiary/aromatic N) is 1. The Hall–Kier alpha value is -2.25. The van der Waals surface area contributed by atoms with E-state index in [9.17, 15) is 4.79 Å². The lowest BCUT2D eigenvalue weighted by molar-refractivity contribution is -0.123. The quantitative estimate of drug-likeness (QED) is 0.541. The normalized spacial score (nSPS) is 10.6. The van der Waals surface area contributed by atoms with Gasteiger partial charge in [-0.3, -0.25) is 4.79 Å². The van der Waals surface area contributed by atoms with Crippen LogP contribution in [0.5, 0.6) is 17.2 Å². The summed E-state index contributed by atoms with van der Waals surface area (Å²) in [4.78, 5) is 11.8. The molecule has 0 bridgehead atoms. The zero-order chi connectivity index (χ0) is 18.2. The van der Waals surface area contributed by atoms with Crippen molar-refractivity contribution in [2.75, 3.05) is 20.8 Å². The number of carbonyl (C=O) groups excluding carboxylic acids is 1. The highest BCUT2D eigenvalue weighted by molar-refractivity contribution is 9.10. The molecule has 6 nitrogen and oxygen atoms in total. The van der Waals surface area contributed by atoms with Gasteiger partial charge in [-0.15, -0.1) is 0 Å². The Morgan fingerprint density at radius 2 is 2.00 bits per heavy atom. The van der Waals surface area contributed by atoms with Crippen LogP contribution in [0.2, 0.25) is 5.02 Å². The average molecular weight is 428 g/mol. The number of halogens is 2. The summed E-state index contributed by atoms with van der Waals surface area (Å²) < 4.78 is 16.4. The number of amides is 1. The van der Waals surface area contributed by atoms with Crippen LogP contribution in [0.4, 0.5) is 0 Å². The lowest BCUT2D eigenvalue weighted by atomic mass is 10.2. The fourth-order valence-electron chi connectivity index (χ4n) is 1.87. The van der Waals surface area contributed by atoms with E-state index in [2.05, 4.69) is 26.5 Å². The van der Waals surface area contributed by atoms with Crippen LogP contribution in [0, 0.1) is 0 Å². The standard InChI is InChI=1S/C17H16BrClN2O4/c1-23-13-5-3-11(16(8-13)24-2)9-20-21-17(22)10-25-15-6-4-12(19)7-14(15)18/h3-9H,10H2,1-2H3,(H,21,22)/b20-9+. The molecule has 0 aliphatic heterocycles. The van der Waals surface area contributed by atoms with Crippen LogP contribution in [0.25, 0.3) is 0 Å². The van der Waals surface area contributed by atoms with Gasteiger partial charge in [0.25, 0.3) is 5.91 Å². The Bertz CT molecular complexity index is 783. The third-order valence-electron chi connectivity index (χ3n) is 3.09. The summed E-state index contributed by atoms with van der Waals surface area (Å²) in [6, 6.07) is 10.3. The van der Waals surface area contributed by atoms with Crippen LogP contribution in [0.15, 0.2) is 46.0 Å². The van der Waals surface area contributed by atoms with Gasteiger partial charge >= 0.3 is 0 Å². The van der Waals surface area contributed by atoms with Crippen LogP contribution >= 0.6 is 27.5 Å². The SMILES string of the molecule is COc1ccc(/C=N/NC(=O)COc2ccc(Cl)cc2Br)c(OC)c1. The number of hydrazone groups is 1. The molecule has 0 atom stereocenters. The highest BCUT2D eigenvalue weighted by Gasteiger charge is 2.06. The maximum absolute atomic E-state index is 11.8. The summed E-state index contributed by atoms with van der Waals surface area (Å²) in [6.07, 6.45) is 1.48. The molecular weight excluding hydrogens is 412 g/mol. The Balaban J connectivity index is 1.90. The van der Waals surface area contributed by atoms with Crippen LogP contribution < -0.4 is 19.6 Å². The van der Waals surface area contributed by atoms with Crippen LogP contribution in [0.3, 0.4) is 0 Å². The van der Waals surface area contributed by atoms with E-state index in [-0.39, 0.29) is 6.61 Å². The molecule has 25 heavy (non-hydrogen) atoms. The van der Waals surface area contributed by atoms with Gasteiger partial charge in [0.15, 0.2) is 6.61 Å². The molecule has 0 saturated heterocycles. The molecule has 0 spiro atoms. The monoisotopic (exact) mass is 426 g/mol. The summed E-state index contributed by atoms with van der Waals surface area (Å²) in [7, 11) is 3.12. The minimum Gasteiger partial charge on any atom is -0.497 e. The predicted molar refractivity (Wildman–Crippen MR) is 99.9 cm³/mol. The summed E-state index contributed by atoms with van der Waals surface area (Å²) in [5, 5.41) is 4.47. The minimum absolute atomic E-state index is 0.183. The molecule has 2 aromatic rings. The summed E-state index contributed by atoms with van der Waals surface area (Å²) >= 11 is 9.16. The van der Waals surface area contributed by atoms with E-state index in [1.807, 2.05) is 0 Å². The second-order valence-electron chi connectivity index (χ2n) is 4.76. The highest BCUT2D eigenvalue weighted by Crippen LogP contribution is 2.27. The molecule has 2 rings (SSSR count). The van der Waals surface area contributed by atoms with E-state index in [4.69, 9.17) is 25.8 Å². The first-order valence-electron chi connectivity index (χ1n) is 7.15. The Morgan fingerprint density at radius 1 is 1.20 bits per heavy atom. The number of hydrogen-bond donors (Lipinski definition) is 1. The van der Waals surface area contributed by atoms with Gasteiger partial charge < -0.3 is 14.2 Å². The first kappa shape index (κ1) is 19.1. The van der Waals surface area contributed by atoms with Crippen LogP contribution in [-0.4, -0.2) is 32.9 Å². The van der Waals surface area contributed by atoms with Crippen molar-refractivity contribution in [2.24, 2.45) is 5.10 Å². The molecule has 0 fully saturated rings. The smallest absolute Gasteiger partial charge is 0.277 e. The van der Waals surface area contributed by atoms with Crippen molar-refractivity contribution in [2.45, 2.75) is 0 Å². The van der Waals surface area contributed by atoms with E-state index < -0.39 is 5.91 Å². The molecule has 0 heterocycles. The molecule has 1 amide bonds.